The van der Waals surface area contributed by atoms with Crippen molar-refractivity contribution in [2.45, 2.75) is 56.8 Å². The van der Waals surface area contributed by atoms with Gasteiger partial charge in [-0.15, -0.1) is 0 Å². The lowest BCUT2D eigenvalue weighted by Gasteiger charge is -2.29. The minimum atomic E-state index is -1.58. The largest absolute Gasteiger partial charge is 0.390 e. The second kappa shape index (κ2) is 4.42. The molecule has 1 saturated heterocycles. The Morgan fingerprint density at radius 3 is 2.67 bits per heavy atom. The third-order valence-corrected chi connectivity index (χ3v) is 5.88. The average Bonchev–Trinajstić information content (AvgIpc) is 2.93. The number of hydrogen-bond acceptors (Lipinski definition) is 8. The van der Waals surface area contributed by atoms with E-state index in [1.807, 2.05) is 0 Å². The summed E-state index contributed by atoms with van der Waals surface area (Å²) < 4.78 is 7.42. The minimum Gasteiger partial charge on any atom is -0.390 e. The van der Waals surface area contributed by atoms with Gasteiger partial charge in [-0.2, -0.15) is 0 Å². The fourth-order valence-electron chi connectivity index (χ4n) is 4.19. The molecule has 0 amide bonds. The van der Waals surface area contributed by atoms with E-state index in [0.717, 1.165) is 0 Å². The molecule has 0 aromatic carbocycles. The Kier molecular flexibility index (Phi) is 2.89. The van der Waals surface area contributed by atoms with E-state index in [9.17, 15) is 15.3 Å². The number of ether oxygens (including phenoxy) is 1. The molecule has 0 spiro atoms. The van der Waals surface area contributed by atoms with Gasteiger partial charge in [-0.1, -0.05) is 20.8 Å². The van der Waals surface area contributed by atoms with Crippen LogP contribution in [0.4, 0.5) is 5.82 Å². The summed E-state index contributed by atoms with van der Waals surface area (Å²) in [6.07, 6.45) is 0.395. The van der Waals surface area contributed by atoms with Crippen LogP contribution in [0.2, 0.25) is 0 Å². The highest BCUT2D eigenvalue weighted by atomic mass is 16.6. The standard InChI is InChI=1S/C15H21N5O4/c1-4-7(21)9-14(22)13(2,3)15(14,23)12(24-9)20-6-19-8-10(16)17-5-18-11(8)20/h5-7,9,12,21-23H,4H2,1-3H3,(H2,16,17,18)/t7?,9-,12-,14+,15-/m1/s1. The molecule has 1 aliphatic heterocycles. The highest BCUT2D eigenvalue weighted by Gasteiger charge is 2.93. The SMILES string of the molecule is CCC(O)[C@H]1O[C@@H](n2cnc3c(N)ncnc32)[C@@]2(O)C(C)(C)[C@@]12O. The molecule has 2 aromatic heterocycles. The summed E-state index contributed by atoms with van der Waals surface area (Å²) in [7, 11) is 0. The predicted octanol–water partition coefficient (Wildman–Crippen LogP) is -0.421. The smallest absolute Gasteiger partial charge is 0.169 e. The number of rotatable bonds is 3. The van der Waals surface area contributed by atoms with E-state index >= 15 is 0 Å². The van der Waals surface area contributed by atoms with Crippen molar-refractivity contribution in [1.29, 1.82) is 0 Å². The fourth-order valence-corrected chi connectivity index (χ4v) is 4.19. The van der Waals surface area contributed by atoms with Crippen LogP contribution in [0.15, 0.2) is 12.7 Å². The molecule has 9 nitrogen and oxygen atoms in total. The molecule has 5 atom stereocenters. The first-order valence-electron chi connectivity index (χ1n) is 7.93. The molecule has 1 unspecified atom stereocenters. The van der Waals surface area contributed by atoms with Crippen LogP contribution in [-0.4, -0.2) is 58.2 Å². The third kappa shape index (κ3) is 1.43. The number of aliphatic hydroxyl groups excluding tert-OH is 1. The number of hydrogen-bond donors (Lipinski definition) is 4. The number of fused-ring (bicyclic) bond motifs is 2. The van der Waals surface area contributed by atoms with E-state index < -0.39 is 35.1 Å². The third-order valence-electron chi connectivity index (χ3n) is 5.88. The van der Waals surface area contributed by atoms with E-state index in [1.165, 1.54) is 17.2 Å². The van der Waals surface area contributed by atoms with Gasteiger partial charge in [0, 0.05) is 5.41 Å². The zero-order valence-corrected chi connectivity index (χ0v) is 13.7. The fraction of sp³-hybridized carbons (Fsp3) is 0.667. The van der Waals surface area contributed by atoms with Crippen LogP contribution in [0.25, 0.3) is 11.2 Å². The average molecular weight is 335 g/mol. The summed E-state index contributed by atoms with van der Waals surface area (Å²) in [5.41, 5.74) is 2.60. The molecule has 2 aliphatic rings. The summed E-state index contributed by atoms with van der Waals surface area (Å²) in [6.45, 7) is 5.29. The number of aliphatic hydroxyl groups is 3. The van der Waals surface area contributed by atoms with Crippen molar-refractivity contribution in [2.75, 3.05) is 5.73 Å². The molecule has 4 rings (SSSR count). The first-order valence-corrected chi connectivity index (χ1v) is 7.93. The van der Waals surface area contributed by atoms with Crippen LogP contribution in [0.5, 0.6) is 0 Å². The van der Waals surface area contributed by atoms with Gasteiger partial charge in [-0.3, -0.25) is 4.57 Å². The van der Waals surface area contributed by atoms with Gasteiger partial charge in [0.05, 0.1) is 12.4 Å². The Labute approximate surface area is 138 Å². The zero-order valence-electron chi connectivity index (χ0n) is 13.7. The van der Waals surface area contributed by atoms with Crippen LogP contribution in [0.1, 0.15) is 33.4 Å². The van der Waals surface area contributed by atoms with Crippen LogP contribution in [0, 0.1) is 5.41 Å². The summed E-state index contributed by atoms with van der Waals surface area (Å²) in [6, 6.07) is 0. The van der Waals surface area contributed by atoms with Gasteiger partial charge in [-0.25, -0.2) is 15.0 Å². The normalized spacial score (nSPS) is 38.2. The molecule has 0 radical (unpaired) electrons. The number of nitrogens with two attached hydrogens (primary N) is 1. The number of nitrogens with zero attached hydrogens (tertiary/aromatic N) is 4. The van der Waals surface area contributed by atoms with Crippen LogP contribution in [-0.2, 0) is 4.74 Å². The first-order chi connectivity index (χ1) is 11.2. The molecule has 1 saturated carbocycles. The van der Waals surface area contributed by atoms with Gasteiger partial charge in [-0.05, 0) is 6.42 Å². The zero-order chi connectivity index (χ0) is 17.5. The Morgan fingerprint density at radius 2 is 2.00 bits per heavy atom. The lowest BCUT2D eigenvalue weighted by atomic mass is 9.96. The molecule has 0 bridgehead atoms. The maximum absolute atomic E-state index is 11.2. The van der Waals surface area contributed by atoms with Crippen molar-refractivity contribution < 1.29 is 20.1 Å². The van der Waals surface area contributed by atoms with Gasteiger partial charge in [0.1, 0.15) is 29.2 Å². The monoisotopic (exact) mass is 335 g/mol. The second-order valence-corrected chi connectivity index (χ2v) is 7.13. The lowest BCUT2D eigenvalue weighted by molar-refractivity contribution is -0.146. The highest BCUT2D eigenvalue weighted by Crippen LogP contribution is 2.76. The maximum atomic E-state index is 11.2. The molecule has 2 aromatic rings. The first kappa shape index (κ1) is 15.7. The molecule has 2 fully saturated rings. The Morgan fingerprint density at radius 1 is 1.29 bits per heavy atom. The van der Waals surface area contributed by atoms with Crippen molar-refractivity contribution in [2.24, 2.45) is 5.41 Å². The van der Waals surface area contributed by atoms with E-state index in [-0.39, 0.29) is 5.82 Å². The molecular weight excluding hydrogens is 314 g/mol. The van der Waals surface area contributed by atoms with Crippen molar-refractivity contribution in [1.82, 2.24) is 19.5 Å². The van der Waals surface area contributed by atoms with Gasteiger partial charge in [0.25, 0.3) is 0 Å². The second-order valence-electron chi connectivity index (χ2n) is 7.13. The van der Waals surface area contributed by atoms with Crippen molar-refractivity contribution in [3.8, 4) is 0 Å². The summed E-state index contributed by atoms with van der Waals surface area (Å²) in [5.74, 6) is 0.221. The lowest BCUT2D eigenvalue weighted by Crippen LogP contribution is -2.42. The predicted molar refractivity (Wildman–Crippen MR) is 83.6 cm³/mol. The summed E-state index contributed by atoms with van der Waals surface area (Å²) >= 11 is 0. The van der Waals surface area contributed by atoms with E-state index in [0.29, 0.717) is 17.6 Å². The van der Waals surface area contributed by atoms with Crippen LogP contribution in [0.3, 0.4) is 0 Å². The number of anilines is 1. The molecule has 24 heavy (non-hydrogen) atoms. The Balaban J connectivity index is 1.86. The quantitative estimate of drug-likeness (QED) is 0.593. The molecule has 1 aliphatic carbocycles. The van der Waals surface area contributed by atoms with Gasteiger partial charge < -0.3 is 25.8 Å². The molecule has 3 heterocycles. The van der Waals surface area contributed by atoms with Crippen molar-refractivity contribution in [3.05, 3.63) is 12.7 Å². The van der Waals surface area contributed by atoms with Gasteiger partial charge in [0.2, 0.25) is 0 Å². The topological polar surface area (TPSA) is 140 Å². The molecule has 9 heteroatoms. The molecule has 5 N–H and O–H groups in total. The minimum absolute atomic E-state index is 0.221. The number of nitrogen functional groups attached to an aromatic ring is 1. The molecule has 130 valence electrons. The Hall–Kier alpha value is -1.81. The number of aromatic nitrogens is 4. The van der Waals surface area contributed by atoms with Crippen molar-refractivity contribution in [3.63, 3.8) is 0 Å². The van der Waals surface area contributed by atoms with E-state index in [1.54, 1.807) is 20.8 Å². The Bertz CT molecular complexity index is 823. The van der Waals surface area contributed by atoms with E-state index in [2.05, 4.69) is 15.0 Å². The number of imidazole rings is 1. The highest BCUT2D eigenvalue weighted by molar-refractivity contribution is 5.81. The van der Waals surface area contributed by atoms with Crippen LogP contribution >= 0.6 is 0 Å². The van der Waals surface area contributed by atoms with Gasteiger partial charge >= 0.3 is 0 Å². The van der Waals surface area contributed by atoms with Crippen LogP contribution < -0.4 is 5.73 Å². The molecular formula is C15H21N5O4. The van der Waals surface area contributed by atoms with Gasteiger partial charge in [0.15, 0.2) is 17.7 Å². The maximum Gasteiger partial charge on any atom is 0.169 e. The van der Waals surface area contributed by atoms with Crippen molar-refractivity contribution >= 4 is 17.0 Å². The van der Waals surface area contributed by atoms with E-state index in [4.69, 9.17) is 10.5 Å². The summed E-state index contributed by atoms with van der Waals surface area (Å²) in [5, 5.41) is 32.6. The summed E-state index contributed by atoms with van der Waals surface area (Å²) in [4.78, 5) is 12.2.